The van der Waals surface area contributed by atoms with E-state index in [1.807, 2.05) is 0 Å². The highest BCUT2D eigenvalue weighted by molar-refractivity contribution is 9.10. The van der Waals surface area contributed by atoms with Crippen molar-refractivity contribution < 1.29 is 0 Å². The van der Waals surface area contributed by atoms with Crippen molar-refractivity contribution in [3.63, 3.8) is 0 Å². The summed E-state index contributed by atoms with van der Waals surface area (Å²) in [6, 6.07) is 19.7. The zero-order chi connectivity index (χ0) is 17.1. The second-order valence-electron chi connectivity index (χ2n) is 7.65. The summed E-state index contributed by atoms with van der Waals surface area (Å²) in [5.74, 6) is 0.621. The molecule has 0 radical (unpaired) electrons. The third-order valence-corrected chi connectivity index (χ3v) is 6.99. The lowest BCUT2D eigenvalue weighted by atomic mass is 9.62. The van der Waals surface area contributed by atoms with Gasteiger partial charge in [-0.05, 0) is 61.5 Å². The van der Waals surface area contributed by atoms with Gasteiger partial charge in [0.05, 0.1) is 0 Å². The van der Waals surface area contributed by atoms with Gasteiger partial charge in [0.2, 0.25) is 0 Å². The third kappa shape index (κ3) is 3.69. The zero-order valence-electron chi connectivity index (χ0n) is 14.8. The van der Waals surface area contributed by atoms with Gasteiger partial charge < -0.3 is 5.32 Å². The van der Waals surface area contributed by atoms with E-state index in [9.17, 15) is 0 Å². The van der Waals surface area contributed by atoms with Crippen molar-refractivity contribution in [2.45, 2.75) is 31.7 Å². The average Bonchev–Trinajstić information content (AvgIpc) is 2.66. The SMILES string of the molecule is Brc1ccccc1C1CNCCC12CCN(Cc1ccccc1)CC2. The van der Waals surface area contributed by atoms with Gasteiger partial charge in [-0.3, -0.25) is 4.90 Å². The first-order valence-electron chi connectivity index (χ1n) is 9.48. The van der Waals surface area contributed by atoms with Gasteiger partial charge in [0.25, 0.3) is 0 Å². The van der Waals surface area contributed by atoms with Crippen LogP contribution in [-0.4, -0.2) is 31.1 Å². The Morgan fingerprint density at radius 3 is 2.44 bits per heavy atom. The summed E-state index contributed by atoms with van der Waals surface area (Å²) in [5.41, 5.74) is 3.39. The molecule has 0 bridgehead atoms. The maximum atomic E-state index is 3.80. The highest BCUT2D eigenvalue weighted by Gasteiger charge is 2.43. The summed E-state index contributed by atoms with van der Waals surface area (Å²) < 4.78 is 1.27. The van der Waals surface area contributed by atoms with Crippen molar-refractivity contribution in [1.29, 1.82) is 0 Å². The van der Waals surface area contributed by atoms with Crippen molar-refractivity contribution in [3.8, 4) is 0 Å². The molecule has 1 spiro atoms. The molecule has 2 heterocycles. The van der Waals surface area contributed by atoms with Gasteiger partial charge in [0, 0.05) is 23.5 Å². The molecule has 2 saturated heterocycles. The van der Waals surface area contributed by atoms with E-state index in [0.29, 0.717) is 11.3 Å². The van der Waals surface area contributed by atoms with E-state index in [-0.39, 0.29) is 0 Å². The zero-order valence-corrected chi connectivity index (χ0v) is 16.3. The van der Waals surface area contributed by atoms with Crippen LogP contribution in [0.2, 0.25) is 0 Å². The minimum Gasteiger partial charge on any atom is -0.316 e. The summed E-state index contributed by atoms with van der Waals surface area (Å²) in [6.07, 6.45) is 3.93. The molecule has 1 N–H and O–H groups in total. The van der Waals surface area contributed by atoms with Crippen molar-refractivity contribution in [2.75, 3.05) is 26.2 Å². The van der Waals surface area contributed by atoms with Crippen LogP contribution in [0, 0.1) is 5.41 Å². The molecule has 2 fully saturated rings. The molecule has 2 nitrogen and oxygen atoms in total. The maximum absolute atomic E-state index is 3.80. The Labute approximate surface area is 159 Å². The van der Waals surface area contributed by atoms with E-state index < -0.39 is 0 Å². The second-order valence-corrected chi connectivity index (χ2v) is 8.51. The highest BCUT2D eigenvalue weighted by atomic mass is 79.9. The van der Waals surface area contributed by atoms with Gasteiger partial charge in [0.15, 0.2) is 0 Å². The molecule has 2 aliphatic heterocycles. The number of piperidine rings is 2. The Balaban J connectivity index is 1.48. The second kappa shape index (κ2) is 7.61. The fourth-order valence-electron chi connectivity index (χ4n) is 4.77. The number of rotatable bonds is 3. The van der Waals surface area contributed by atoms with Crippen molar-refractivity contribution in [3.05, 3.63) is 70.2 Å². The molecule has 1 atom stereocenters. The maximum Gasteiger partial charge on any atom is 0.0233 e. The molecule has 25 heavy (non-hydrogen) atoms. The summed E-state index contributed by atoms with van der Waals surface area (Å²) in [6.45, 7) is 5.81. The lowest BCUT2D eigenvalue weighted by Crippen LogP contribution is -2.49. The Kier molecular flexibility index (Phi) is 5.25. The number of nitrogens with one attached hydrogen (secondary N) is 1. The van der Waals surface area contributed by atoms with Crippen LogP contribution in [0.3, 0.4) is 0 Å². The largest absolute Gasteiger partial charge is 0.316 e. The van der Waals surface area contributed by atoms with Crippen LogP contribution in [0.1, 0.15) is 36.3 Å². The van der Waals surface area contributed by atoms with Crippen LogP contribution in [0.5, 0.6) is 0 Å². The van der Waals surface area contributed by atoms with E-state index in [4.69, 9.17) is 0 Å². The van der Waals surface area contributed by atoms with E-state index in [2.05, 4.69) is 80.7 Å². The summed E-state index contributed by atoms with van der Waals surface area (Å²) in [5, 5.41) is 3.65. The number of hydrogen-bond acceptors (Lipinski definition) is 2. The van der Waals surface area contributed by atoms with E-state index in [1.165, 1.54) is 54.5 Å². The van der Waals surface area contributed by atoms with Gasteiger partial charge in [-0.15, -0.1) is 0 Å². The molecule has 0 amide bonds. The van der Waals surface area contributed by atoms with Gasteiger partial charge >= 0.3 is 0 Å². The predicted octanol–water partition coefficient (Wildman–Crippen LogP) is 4.81. The summed E-state index contributed by atoms with van der Waals surface area (Å²) in [7, 11) is 0. The average molecular weight is 399 g/mol. The molecule has 0 aromatic heterocycles. The monoisotopic (exact) mass is 398 g/mol. The molecule has 2 aliphatic rings. The number of nitrogens with zero attached hydrogens (tertiary/aromatic N) is 1. The standard InChI is InChI=1S/C22H27BrN2/c23-21-9-5-4-8-19(21)20-16-24-13-10-22(20)11-14-25(15-12-22)17-18-6-2-1-3-7-18/h1-9,20,24H,10-17H2. The van der Waals surface area contributed by atoms with Gasteiger partial charge in [-0.2, -0.15) is 0 Å². The Morgan fingerprint density at radius 2 is 1.68 bits per heavy atom. The van der Waals surface area contributed by atoms with Gasteiger partial charge in [-0.1, -0.05) is 64.5 Å². The number of halogens is 1. The summed E-state index contributed by atoms with van der Waals surface area (Å²) in [4.78, 5) is 2.64. The molecule has 0 aliphatic carbocycles. The van der Waals surface area contributed by atoms with E-state index in [1.54, 1.807) is 0 Å². The first-order valence-corrected chi connectivity index (χ1v) is 10.3. The number of hydrogen-bond donors (Lipinski definition) is 1. The molecule has 132 valence electrons. The quantitative estimate of drug-likeness (QED) is 0.797. The minimum atomic E-state index is 0.461. The molecule has 4 rings (SSSR count). The van der Waals surface area contributed by atoms with E-state index >= 15 is 0 Å². The Hall–Kier alpha value is -1.16. The fraction of sp³-hybridized carbons (Fsp3) is 0.455. The van der Waals surface area contributed by atoms with E-state index in [0.717, 1.165) is 13.1 Å². The first kappa shape index (κ1) is 17.3. The van der Waals surface area contributed by atoms with Crippen molar-refractivity contribution in [2.24, 2.45) is 5.41 Å². The smallest absolute Gasteiger partial charge is 0.0233 e. The fourth-order valence-corrected chi connectivity index (χ4v) is 5.33. The van der Waals surface area contributed by atoms with Gasteiger partial charge in [-0.25, -0.2) is 0 Å². The molecular formula is C22H27BrN2. The highest BCUT2D eigenvalue weighted by Crippen LogP contribution is 2.49. The number of benzene rings is 2. The third-order valence-electron chi connectivity index (χ3n) is 6.27. The van der Waals surface area contributed by atoms with Crippen LogP contribution in [-0.2, 0) is 6.54 Å². The molecular weight excluding hydrogens is 372 g/mol. The first-order chi connectivity index (χ1) is 12.3. The lowest BCUT2D eigenvalue weighted by molar-refractivity contribution is 0.0503. The molecule has 2 aromatic carbocycles. The minimum absolute atomic E-state index is 0.461. The van der Waals surface area contributed by atoms with Gasteiger partial charge in [0.1, 0.15) is 0 Å². The van der Waals surface area contributed by atoms with Crippen molar-refractivity contribution in [1.82, 2.24) is 10.2 Å². The van der Waals surface area contributed by atoms with Crippen LogP contribution in [0.4, 0.5) is 0 Å². The predicted molar refractivity (Wildman–Crippen MR) is 108 cm³/mol. The molecule has 2 aromatic rings. The van der Waals surface area contributed by atoms with Crippen LogP contribution in [0.15, 0.2) is 59.1 Å². The summed E-state index contributed by atoms with van der Waals surface area (Å²) >= 11 is 3.80. The molecule has 3 heteroatoms. The normalized spacial score (nSPS) is 23.6. The van der Waals surface area contributed by atoms with Crippen molar-refractivity contribution >= 4 is 15.9 Å². The lowest BCUT2D eigenvalue weighted by Gasteiger charge is -2.50. The Morgan fingerprint density at radius 1 is 0.960 bits per heavy atom. The molecule has 0 saturated carbocycles. The Bertz CT molecular complexity index is 692. The number of likely N-dealkylation sites (tertiary alicyclic amines) is 1. The molecule has 1 unspecified atom stereocenters. The topological polar surface area (TPSA) is 15.3 Å². The van der Waals surface area contributed by atoms with Crippen LogP contribution in [0.25, 0.3) is 0 Å². The van der Waals surface area contributed by atoms with Crippen LogP contribution >= 0.6 is 15.9 Å². The van der Waals surface area contributed by atoms with Crippen LogP contribution < -0.4 is 5.32 Å².